The maximum atomic E-state index is 10.2. The van der Waals surface area contributed by atoms with E-state index in [0.717, 1.165) is 22.4 Å². The van der Waals surface area contributed by atoms with Crippen molar-refractivity contribution in [2.45, 2.75) is 12.6 Å². The largest absolute Gasteiger partial charge is 0.387 e. The molecule has 0 aliphatic carbocycles. The van der Waals surface area contributed by atoms with E-state index >= 15 is 0 Å². The summed E-state index contributed by atoms with van der Waals surface area (Å²) in [6.07, 6.45) is 4.73. The maximum Gasteiger partial charge on any atom is 0.0914 e. The van der Waals surface area contributed by atoms with Crippen LogP contribution in [0.1, 0.15) is 17.2 Å². The van der Waals surface area contributed by atoms with Crippen molar-refractivity contribution in [3.05, 3.63) is 71.1 Å². The van der Waals surface area contributed by atoms with E-state index in [1.54, 1.807) is 30.7 Å². The fourth-order valence-corrected chi connectivity index (χ4v) is 2.48. The third-order valence-corrected chi connectivity index (χ3v) is 3.83. The van der Waals surface area contributed by atoms with Gasteiger partial charge in [0.05, 0.1) is 18.0 Å². The minimum absolute atomic E-state index is 0.444. The third-order valence-electron chi connectivity index (χ3n) is 3.58. The molecule has 0 unspecified atom stereocenters. The first-order valence-electron chi connectivity index (χ1n) is 7.31. The predicted molar refractivity (Wildman–Crippen MR) is 89.9 cm³/mol. The summed E-state index contributed by atoms with van der Waals surface area (Å²) < 4.78 is 0. The second-order valence-electron chi connectivity index (χ2n) is 5.21. The highest BCUT2D eigenvalue weighted by Crippen LogP contribution is 2.20. The predicted octanol–water partition coefficient (Wildman–Crippen LogP) is 2.95. The Morgan fingerprint density at radius 3 is 2.74 bits per heavy atom. The number of hydrogen-bond acceptors (Lipinski definition) is 4. The monoisotopic (exact) mass is 328 g/mol. The molecule has 6 heteroatoms. The molecule has 23 heavy (non-hydrogen) atoms. The molecule has 1 aromatic carbocycles. The molecule has 5 nitrogen and oxygen atoms in total. The van der Waals surface area contributed by atoms with Gasteiger partial charge in [-0.25, -0.2) is 0 Å². The van der Waals surface area contributed by atoms with Crippen LogP contribution in [0.5, 0.6) is 0 Å². The van der Waals surface area contributed by atoms with Crippen LogP contribution in [0.25, 0.3) is 11.3 Å². The highest BCUT2D eigenvalue weighted by molar-refractivity contribution is 6.30. The molecule has 0 radical (unpaired) electrons. The number of rotatable bonds is 6. The molecule has 0 saturated heterocycles. The van der Waals surface area contributed by atoms with Crippen molar-refractivity contribution in [1.82, 2.24) is 20.5 Å². The highest BCUT2D eigenvalue weighted by Gasteiger charge is 2.10. The van der Waals surface area contributed by atoms with Crippen molar-refractivity contribution >= 4 is 11.6 Å². The Morgan fingerprint density at radius 1 is 1.17 bits per heavy atom. The molecule has 2 aromatic heterocycles. The van der Waals surface area contributed by atoms with Crippen LogP contribution >= 0.6 is 11.6 Å². The van der Waals surface area contributed by atoms with Gasteiger partial charge < -0.3 is 10.4 Å². The first-order chi connectivity index (χ1) is 11.2. The van der Waals surface area contributed by atoms with E-state index in [4.69, 9.17) is 11.6 Å². The summed E-state index contributed by atoms with van der Waals surface area (Å²) in [5.41, 5.74) is 3.79. The molecule has 0 aliphatic rings. The lowest BCUT2D eigenvalue weighted by molar-refractivity contribution is 0.174. The Kier molecular flexibility index (Phi) is 5.02. The summed E-state index contributed by atoms with van der Waals surface area (Å²) in [6, 6.07) is 11.1. The van der Waals surface area contributed by atoms with Gasteiger partial charge >= 0.3 is 0 Å². The van der Waals surface area contributed by atoms with Crippen molar-refractivity contribution in [2.24, 2.45) is 0 Å². The quantitative estimate of drug-likeness (QED) is 0.650. The molecule has 3 rings (SSSR count). The van der Waals surface area contributed by atoms with E-state index in [1.165, 1.54) is 0 Å². The first kappa shape index (κ1) is 15.7. The number of hydrogen-bond donors (Lipinski definition) is 3. The number of nitrogens with zero attached hydrogens (tertiary/aromatic N) is 2. The third kappa shape index (κ3) is 3.96. The van der Waals surface area contributed by atoms with Gasteiger partial charge in [-0.3, -0.25) is 10.1 Å². The second-order valence-corrected chi connectivity index (χ2v) is 5.65. The van der Waals surface area contributed by atoms with E-state index in [-0.39, 0.29) is 0 Å². The number of aliphatic hydroxyl groups is 1. The summed E-state index contributed by atoms with van der Waals surface area (Å²) in [7, 11) is 0. The normalized spacial score (nSPS) is 12.3. The van der Waals surface area contributed by atoms with Crippen LogP contribution in [-0.4, -0.2) is 26.8 Å². The summed E-state index contributed by atoms with van der Waals surface area (Å²) >= 11 is 5.85. The number of aromatic nitrogens is 3. The fraction of sp³-hybridized carbons (Fsp3) is 0.176. The molecule has 0 aliphatic heterocycles. The summed E-state index contributed by atoms with van der Waals surface area (Å²) in [5, 5.41) is 21.2. The summed E-state index contributed by atoms with van der Waals surface area (Å²) in [4.78, 5) is 4.12. The average molecular weight is 329 g/mol. The molecule has 3 N–H and O–H groups in total. The Morgan fingerprint density at radius 2 is 2.00 bits per heavy atom. The van der Waals surface area contributed by atoms with Gasteiger partial charge in [-0.15, -0.1) is 0 Å². The number of aromatic amines is 1. The standard InChI is InChI=1S/C17H17ClN4O/c18-15-5-3-12(4-6-15)16(23)11-20-9-14-10-21-22-17(14)13-2-1-7-19-8-13/h1-8,10,16,20,23H,9,11H2,(H,21,22)/t16-/m0/s1. The number of aliphatic hydroxyl groups excluding tert-OH is 1. The van der Waals surface area contributed by atoms with Gasteiger partial charge in [0.1, 0.15) is 0 Å². The van der Waals surface area contributed by atoms with Gasteiger partial charge in [0.15, 0.2) is 0 Å². The van der Waals surface area contributed by atoms with Crippen LogP contribution in [0.2, 0.25) is 5.02 Å². The molecule has 0 fully saturated rings. The number of pyridine rings is 1. The average Bonchev–Trinajstić information content (AvgIpc) is 3.05. The summed E-state index contributed by atoms with van der Waals surface area (Å²) in [6.45, 7) is 1.05. The smallest absolute Gasteiger partial charge is 0.0914 e. The minimum Gasteiger partial charge on any atom is -0.387 e. The zero-order chi connectivity index (χ0) is 16.1. The van der Waals surface area contributed by atoms with Gasteiger partial charge in [-0.05, 0) is 29.8 Å². The van der Waals surface area contributed by atoms with E-state index in [0.29, 0.717) is 18.1 Å². The lowest BCUT2D eigenvalue weighted by atomic mass is 10.1. The zero-order valence-electron chi connectivity index (χ0n) is 12.4. The molecular weight excluding hydrogens is 312 g/mol. The lowest BCUT2D eigenvalue weighted by Gasteiger charge is -2.12. The molecule has 0 spiro atoms. The van der Waals surface area contributed by atoms with E-state index in [9.17, 15) is 5.11 Å². The van der Waals surface area contributed by atoms with Crippen LogP contribution in [-0.2, 0) is 6.54 Å². The Labute approximate surface area is 139 Å². The fourth-order valence-electron chi connectivity index (χ4n) is 2.35. The lowest BCUT2D eigenvalue weighted by Crippen LogP contribution is -2.21. The number of benzene rings is 1. The van der Waals surface area contributed by atoms with Crippen LogP contribution in [0.15, 0.2) is 55.0 Å². The van der Waals surface area contributed by atoms with Gasteiger partial charge in [-0.2, -0.15) is 5.10 Å². The second kappa shape index (κ2) is 7.37. The number of H-pyrrole nitrogens is 1. The first-order valence-corrected chi connectivity index (χ1v) is 7.68. The molecule has 0 bridgehead atoms. The van der Waals surface area contributed by atoms with Crippen LogP contribution in [0.4, 0.5) is 0 Å². The zero-order valence-corrected chi connectivity index (χ0v) is 13.2. The molecule has 3 aromatic rings. The van der Waals surface area contributed by atoms with E-state index in [1.807, 2.05) is 24.3 Å². The van der Waals surface area contributed by atoms with Crippen molar-refractivity contribution < 1.29 is 5.11 Å². The van der Waals surface area contributed by atoms with E-state index < -0.39 is 6.10 Å². The van der Waals surface area contributed by atoms with Crippen LogP contribution < -0.4 is 5.32 Å². The molecule has 0 saturated carbocycles. The Bertz CT molecular complexity index is 743. The Hall–Kier alpha value is -2.21. The van der Waals surface area contributed by atoms with E-state index in [2.05, 4.69) is 20.5 Å². The van der Waals surface area contributed by atoms with Crippen LogP contribution in [0, 0.1) is 0 Å². The Balaban J connectivity index is 1.59. The molecular formula is C17H17ClN4O. The number of nitrogens with one attached hydrogen (secondary N) is 2. The van der Waals surface area contributed by atoms with Gasteiger partial charge in [0.2, 0.25) is 0 Å². The highest BCUT2D eigenvalue weighted by atomic mass is 35.5. The summed E-state index contributed by atoms with van der Waals surface area (Å²) in [5.74, 6) is 0. The van der Waals surface area contributed by atoms with Crippen molar-refractivity contribution in [2.75, 3.05) is 6.54 Å². The topological polar surface area (TPSA) is 73.8 Å². The number of halogens is 1. The maximum absolute atomic E-state index is 10.2. The molecule has 0 amide bonds. The SMILES string of the molecule is O[C@@H](CNCc1cn[nH]c1-c1cccnc1)c1ccc(Cl)cc1. The molecule has 1 atom stereocenters. The van der Waals surface area contributed by atoms with Crippen molar-refractivity contribution in [3.63, 3.8) is 0 Å². The van der Waals surface area contributed by atoms with Gasteiger partial charge in [0, 0.05) is 41.6 Å². The van der Waals surface area contributed by atoms with Crippen molar-refractivity contribution in [1.29, 1.82) is 0 Å². The van der Waals surface area contributed by atoms with Gasteiger partial charge in [-0.1, -0.05) is 23.7 Å². The van der Waals surface area contributed by atoms with Crippen molar-refractivity contribution in [3.8, 4) is 11.3 Å². The molecule has 2 heterocycles. The van der Waals surface area contributed by atoms with Gasteiger partial charge in [0.25, 0.3) is 0 Å². The molecule has 118 valence electrons. The van der Waals surface area contributed by atoms with Crippen LogP contribution in [0.3, 0.4) is 0 Å². The minimum atomic E-state index is -0.582.